The number of likely N-dealkylation sites (tertiary alicyclic amines) is 1. The number of para-hydroxylation sites is 1. The molecule has 9 heteroatoms. The van der Waals surface area contributed by atoms with Crippen molar-refractivity contribution in [1.82, 2.24) is 15.1 Å². The quantitative estimate of drug-likeness (QED) is 0.550. The molecule has 1 aliphatic carbocycles. The van der Waals surface area contributed by atoms with E-state index in [1.165, 1.54) is 6.42 Å². The van der Waals surface area contributed by atoms with Crippen molar-refractivity contribution in [1.29, 1.82) is 0 Å². The van der Waals surface area contributed by atoms with Gasteiger partial charge in [0.1, 0.15) is 12.1 Å². The molecule has 2 aromatic rings. The second-order valence-electron chi connectivity index (χ2n) is 11.1. The van der Waals surface area contributed by atoms with Crippen molar-refractivity contribution in [3.63, 3.8) is 0 Å². The lowest BCUT2D eigenvalue weighted by Crippen LogP contribution is -2.59. The van der Waals surface area contributed by atoms with E-state index in [4.69, 9.17) is 17.3 Å². The summed E-state index contributed by atoms with van der Waals surface area (Å²) in [7, 11) is 0. The van der Waals surface area contributed by atoms with Crippen molar-refractivity contribution in [3.05, 3.63) is 65.2 Å². The van der Waals surface area contributed by atoms with Crippen LogP contribution in [0.4, 0.5) is 5.69 Å². The first-order chi connectivity index (χ1) is 18.9. The third-order valence-corrected chi connectivity index (χ3v) is 8.73. The molecule has 3 fully saturated rings. The molecular weight excluding hydrogens is 514 g/mol. The van der Waals surface area contributed by atoms with E-state index < -0.39 is 11.6 Å². The summed E-state index contributed by atoms with van der Waals surface area (Å²) in [6.45, 7) is 1.27. The van der Waals surface area contributed by atoms with Gasteiger partial charge in [0.2, 0.25) is 11.8 Å². The third kappa shape index (κ3) is 6.07. The van der Waals surface area contributed by atoms with Crippen LogP contribution in [-0.4, -0.2) is 71.4 Å². The Balaban J connectivity index is 1.26. The van der Waals surface area contributed by atoms with E-state index in [1.807, 2.05) is 42.5 Å². The number of hydrogen-bond donors (Lipinski definition) is 2. The fourth-order valence-electron chi connectivity index (χ4n) is 6.31. The molecule has 2 aromatic carbocycles. The smallest absolute Gasteiger partial charge is 0.250 e. The number of nitrogens with one attached hydrogen (secondary N) is 1. The van der Waals surface area contributed by atoms with Gasteiger partial charge >= 0.3 is 0 Å². The summed E-state index contributed by atoms with van der Waals surface area (Å²) >= 11 is 5.98. The fourth-order valence-corrected chi connectivity index (χ4v) is 6.44. The highest BCUT2D eigenvalue weighted by Gasteiger charge is 2.54. The zero-order chi connectivity index (χ0) is 27.4. The van der Waals surface area contributed by atoms with Crippen LogP contribution in [0.5, 0.6) is 0 Å². The van der Waals surface area contributed by atoms with E-state index in [1.54, 1.807) is 21.9 Å². The van der Waals surface area contributed by atoms with Gasteiger partial charge in [-0.05, 0) is 61.9 Å². The van der Waals surface area contributed by atoms with Gasteiger partial charge in [0, 0.05) is 29.8 Å². The predicted octanol–water partition coefficient (Wildman–Crippen LogP) is 3.33. The summed E-state index contributed by atoms with van der Waals surface area (Å²) in [6, 6.07) is 16.8. The Morgan fingerprint density at radius 2 is 1.67 bits per heavy atom. The molecule has 0 radical (unpaired) electrons. The normalized spacial score (nSPS) is 20.4. The van der Waals surface area contributed by atoms with Crippen LogP contribution in [0.25, 0.3) is 0 Å². The monoisotopic (exact) mass is 551 g/mol. The number of amides is 3. The first kappa shape index (κ1) is 27.5. The van der Waals surface area contributed by atoms with Crippen LogP contribution >= 0.6 is 11.6 Å². The Morgan fingerprint density at radius 1 is 1.00 bits per heavy atom. The number of hydrogen-bond acceptors (Lipinski definition) is 5. The zero-order valence-electron chi connectivity index (χ0n) is 22.4. The van der Waals surface area contributed by atoms with Gasteiger partial charge in [-0.2, -0.15) is 0 Å². The van der Waals surface area contributed by atoms with Gasteiger partial charge < -0.3 is 25.8 Å². The average molecular weight is 552 g/mol. The highest BCUT2D eigenvalue weighted by Crippen LogP contribution is 2.39. The molecular formula is C30H38ClN5O3. The minimum absolute atomic E-state index is 0.0392. The molecule has 2 heterocycles. The summed E-state index contributed by atoms with van der Waals surface area (Å²) < 4.78 is 0. The van der Waals surface area contributed by atoms with Crippen molar-refractivity contribution >= 4 is 35.0 Å². The lowest BCUT2D eigenvalue weighted by molar-refractivity contribution is -0.140. The standard InChI is InChI=1S/C30H38ClN5O3/c31-23-13-11-22(12-14-23)19-26(32)28(38)34-17-15-30(16-18-34)29(39)35(21-36(30)25-9-5-2-6-10-25)20-27(37)33-24-7-3-1-4-8-24/h2,5-6,9-14,24,26H,1,3-4,7-8,15-21,32H2,(H,33,37)/t26-/m1/s1. The van der Waals surface area contributed by atoms with Crippen molar-refractivity contribution in [3.8, 4) is 0 Å². The Kier molecular flexibility index (Phi) is 8.43. The second kappa shape index (κ2) is 12.0. The number of anilines is 1. The molecule has 0 aromatic heterocycles. The number of nitrogens with zero attached hydrogens (tertiary/aromatic N) is 3. The first-order valence-electron chi connectivity index (χ1n) is 14.1. The lowest BCUT2D eigenvalue weighted by Gasteiger charge is -2.43. The van der Waals surface area contributed by atoms with Gasteiger partial charge in [0.15, 0.2) is 0 Å². The van der Waals surface area contributed by atoms with Crippen LogP contribution in [0.15, 0.2) is 54.6 Å². The van der Waals surface area contributed by atoms with Crippen LogP contribution in [0, 0.1) is 0 Å². The number of carbonyl (C=O) groups is 3. The molecule has 0 bridgehead atoms. The summed E-state index contributed by atoms with van der Waals surface area (Å²) in [6.07, 6.45) is 6.90. The molecule has 1 saturated carbocycles. The number of benzene rings is 2. The zero-order valence-corrected chi connectivity index (χ0v) is 23.1. The maximum atomic E-state index is 13.9. The number of piperidine rings is 1. The fraction of sp³-hybridized carbons (Fsp3) is 0.500. The van der Waals surface area contributed by atoms with Crippen LogP contribution in [-0.2, 0) is 20.8 Å². The van der Waals surface area contributed by atoms with E-state index in [0.717, 1.165) is 36.9 Å². The van der Waals surface area contributed by atoms with Crippen LogP contribution in [0.1, 0.15) is 50.5 Å². The summed E-state index contributed by atoms with van der Waals surface area (Å²) in [5.41, 5.74) is 7.42. The van der Waals surface area contributed by atoms with Gasteiger partial charge in [0.25, 0.3) is 5.91 Å². The Morgan fingerprint density at radius 3 is 2.33 bits per heavy atom. The highest BCUT2D eigenvalue weighted by atomic mass is 35.5. The molecule has 3 aliphatic rings. The largest absolute Gasteiger partial charge is 0.352 e. The Hall–Kier alpha value is -3.10. The molecule has 208 valence electrons. The molecule has 39 heavy (non-hydrogen) atoms. The molecule has 8 nitrogen and oxygen atoms in total. The predicted molar refractivity (Wildman–Crippen MR) is 152 cm³/mol. The Labute approximate surface area is 235 Å². The molecule has 2 saturated heterocycles. The van der Waals surface area contributed by atoms with Crippen molar-refractivity contribution in [2.45, 2.75) is 69.0 Å². The maximum Gasteiger partial charge on any atom is 0.250 e. The maximum absolute atomic E-state index is 13.9. The minimum atomic E-state index is -0.788. The van der Waals surface area contributed by atoms with Gasteiger partial charge in [-0.15, -0.1) is 0 Å². The third-order valence-electron chi connectivity index (χ3n) is 8.48. The first-order valence-corrected chi connectivity index (χ1v) is 14.4. The number of carbonyl (C=O) groups excluding carboxylic acids is 3. The molecule has 0 unspecified atom stereocenters. The van der Waals surface area contributed by atoms with E-state index in [9.17, 15) is 14.4 Å². The molecule has 3 N–H and O–H groups in total. The van der Waals surface area contributed by atoms with E-state index in [2.05, 4.69) is 10.2 Å². The van der Waals surface area contributed by atoms with E-state index >= 15 is 0 Å². The van der Waals surface area contributed by atoms with Crippen LogP contribution in [0.3, 0.4) is 0 Å². The van der Waals surface area contributed by atoms with Crippen LogP contribution < -0.4 is 16.0 Å². The molecule has 1 spiro atoms. The summed E-state index contributed by atoms with van der Waals surface area (Å²) in [5.74, 6) is -0.246. The van der Waals surface area contributed by atoms with Crippen molar-refractivity contribution in [2.24, 2.45) is 5.73 Å². The van der Waals surface area contributed by atoms with Gasteiger partial charge in [0.05, 0.1) is 12.7 Å². The van der Waals surface area contributed by atoms with Crippen molar-refractivity contribution < 1.29 is 14.4 Å². The van der Waals surface area contributed by atoms with Crippen LogP contribution in [0.2, 0.25) is 5.02 Å². The highest BCUT2D eigenvalue weighted by molar-refractivity contribution is 6.30. The van der Waals surface area contributed by atoms with E-state index in [-0.39, 0.29) is 30.3 Å². The molecule has 1 atom stereocenters. The molecule has 5 rings (SSSR count). The SMILES string of the molecule is N[C@H](Cc1ccc(Cl)cc1)C(=O)N1CCC2(CC1)C(=O)N(CC(=O)NC1CCCCC1)CN2c1ccccc1. The summed E-state index contributed by atoms with van der Waals surface area (Å²) in [5, 5.41) is 3.79. The average Bonchev–Trinajstić information content (AvgIpc) is 3.21. The lowest BCUT2D eigenvalue weighted by atomic mass is 9.85. The van der Waals surface area contributed by atoms with Crippen molar-refractivity contribution in [2.75, 3.05) is 31.2 Å². The number of rotatable bonds is 7. The van der Waals surface area contributed by atoms with Gasteiger partial charge in [-0.25, -0.2) is 0 Å². The second-order valence-corrected chi connectivity index (χ2v) is 11.5. The number of nitrogens with two attached hydrogens (primary N) is 1. The topological polar surface area (TPSA) is 99.0 Å². The Bertz CT molecular complexity index is 1160. The van der Waals surface area contributed by atoms with E-state index in [0.29, 0.717) is 44.0 Å². The van der Waals surface area contributed by atoms with Gasteiger partial charge in [-0.3, -0.25) is 14.4 Å². The van der Waals surface area contributed by atoms with Gasteiger partial charge in [-0.1, -0.05) is 61.2 Å². The number of halogens is 1. The molecule has 3 amide bonds. The summed E-state index contributed by atoms with van der Waals surface area (Å²) in [4.78, 5) is 45.6. The minimum Gasteiger partial charge on any atom is -0.352 e. The molecule has 2 aliphatic heterocycles.